The highest BCUT2D eigenvalue weighted by Gasteiger charge is 2.15. The van der Waals surface area contributed by atoms with Crippen molar-refractivity contribution in [3.8, 4) is 0 Å². The number of hydrogen-bond donors (Lipinski definition) is 1. The van der Waals surface area contributed by atoms with Gasteiger partial charge in [0.2, 0.25) is 10.0 Å². The summed E-state index contributed by atoms with van der Waals surface area (Å²) in [5.41, 5.74) is 2.04. The maximum Gasteiger partial charge on any atom is 0.337 e. The summed E-state index contributed by atoms with van der Waals surface area (Å²) < 4.78 is 31.8. The van der Waals surface area contributed by atoms with Gasteiger partial charge in [0.15, 0.2) is 0 Å². The summed E-state index contributed by atoms with van der Waals surface area (Å²) >= 11 is 12.0. The number of aryl methyl sites for hydroxylation is 2. The highest BCUT2D eigenvalue weighted by atomic mass is 35.5. The maximum absolute atomic E-state index is 12.3. The third kappa shape index (κ3) is 5.11. The number of nitrogens with one attached hydrogen (secondary N) is 1. The van der Waals surface area contributed by atoms with Crippen LogP contribution in [0.3, 0.4) is 0 Å². The SMILES string of the molecule is COC(=O)c1ccc(NS(=O)(=O)CCc2cccc(Cl)c2Cl)c(C)c1. The van der Waals surface area contributed by atoms with E-state index in [1.54, 1.807) is 31.2 Å². The second-order valence-corrected chi connectivity index (χ2v) is 8.03. The summed E-state index contributed by atoms with van der Waals surface area (Å²) in [6.07, 6.45) is 0.230. The molecular formula is C17H17Cl2NO4S. The minimum atomic E-state index is -3.59. The van der Waals surface area contributed by atoms with Crippen LogP contribution in [0.1, 0.15) is 21.5 Å². The van der Waals surface area contributed by atoms with Gasteiger partial charge < -0.3 is 4.74 Å². The van der Waals surface area contributed by atoms with Gasteiger partial charge in [0.1, 0.15) is 0 Å². The molecule has 2 aromatic rings. The van der Waals surface area contributed by atoms with Crippen molar-refractivity contribution >= 4 is 44.9 Å². The van der Waals surface area contributed by atoms with Crippen LogP contribution in [0.4, 0.5) is 5.69 Å². The maximum atomic E-state index is 12.3. The van der Waals surface area contributed by atoms with E-state index in [-0.39, 0.29) is 12.2 Å². The van der Waals surface area contributed by atoms with Crippen LogP contribution in [-0.2, 0) is 21.2 Å². The molecule has 0 aromatic heterocycles. The number of carbonyl (C=O) groups excluding carboxylic acids is 1. The number of esters is 1. The molecule has 0 bridgehead atoms. The summed E-state index contributed by atoms with van der Waals surface area (Å²) in [7, 11) is -2.30. The molecule has 0 aliphatic heterocycles. The number of carbonyl (C=O) groups is 1. The molecule has 0 fully saturated rings. The number of sulfonamides is 1. The number of anilines is 1. The Morgan fingerprint density at radius 3 is 2.56 bits per heavy atom. The van der Waals surface area contributed by atoms with Gasteiger partial charge in [-0.2, -0.15) is 0 Å². The monoisotopic (exact) mass is 401 g/mol. The first-order chi connectivity index (χ1) is 11.7. The van der Waals surface area contributed by atoms with Crippen molar-refractivity contribution in [1.29, 1.82) is 0 Å². The van der Waals surface area contributed by atoms with E-state index in [1.165, 1.54) is 19.2 Å². The molecule has 0 atom stereocenters. The second kappa shape index (κ2) is 8.08. The molecule has 0 saturated carbocycles. The summed E-state index contributed by atoms with van der Waals surface area (Å²) in [4.78, 5) is 11.5. The van der Waals surface area contributed by atoms with Crippen molar-refractivity contribution in [3.05, 3.63) is 63.1 Å². The molecule has 1 N–H and O–H groups in total. The Hall–Kier alpha value is -1.76. The van der Waals surface area contributed by atoms with Gasteiger partial charge in [0.05, 0.1) is 34.2 Å². The Balaban J connectivity index is 2.11. The number of halogens is 2. The first-order valence-electron chi connectivity index (χ1n) is 7.36. The minimum Gasteiger partial charge on any atom is -0.465 e. The zero-order valence-corrected chi connectivity index (χ0v) is 16.0. The van der Waals surface area contributed by atoms with E-state index in [0.717, 1.165) is 0 Å². The van der Waals surface area contributed by atoms with Gasteiger partial charge in [-0.3, -0.25) is 4.72 Å². The molecule has 0 aliphatic rings. The fourth-order valence-corrected chi connectivity index (χ4v) is 3.80. The topological polar surface area (TPSA) is 72.5 Å². The van der Waals surface area contributed by atoms with Crippen LogP contribution in [-0.4, -0.2) is 27.2 Å². The Labute approximate surface area is 157 Å². The average Bonchev–Trinajstić information content (AvgIpc) is 2.57. The lowest BCUT2D eigenvalue weighted by Gasteiger charge is -2.12. The molecule has 0 unspecified atom stereocenters. The third-order valence-electron chi connectivity index (χ3n) is 3.58. The lowest BCUT2D eigenvalue weighted by molar-refractivity contribution is 0.0600. The molecule has 0 amide bonds. The van der Waals surface area contributed by atoms with Crippen molar-refractivity contribution in [3.63, 3.8) is 0 Å². The molecule has 134 valence electrons. The van der Waals surface area contributed by atoms with Gasteiger partial charge in [0.25, 0.3) is 0 Å². The molecule has 0 radical (unpaired) electrons. The van der Waals surface area contributed by atoms with Crippen molar-refractivity contribution in [2.24, 2.45) is 0 Å². The lowest BCUT2D eigenvalue weighted by atomic mass is 10.1. The predicted molar refractivity (Wildman–Crippen MR) is 100 cm³/mol. The fourth-order valence-electron chi connectivity index (χ4n) is 2.23. The molecule has 5 nitrogen and oxygen atoms in total. The zero-order valence-electron chi connectivity index (χ0n) is 13.7. The average molecular weight is 402 g/mol. The van der Waals surface area contributed by atoms with E-state index in [1.807, 2.05) is 0 Å². The molecule has 2 aromatic carbocycles. The number of hydrogen-bond acceptors (Lipinski definition) is 4. The largest absolute Gasteiger partial charge is 0.465 e. The number of methoxy groups -OCH3 is 1. The Morgan fingerprint density at radius 1 is 1.20 bits per heavy atom. The van der Waals surface area contributed by atoms with Crippen molar-refractivity contribution < 1.29 is 17.9 Å². The Kier molecular flexibility index (Phi) is 6.32. The van der Waals surface area contributed by atoms with Crippen LogP contribution in [0, 0.1) is 6.92 Å². The normalized spacial score (nSPS) is 11.2. The molecule has 8 heteroatoms. The zero-order chi connectivity index (χ0) is 18.6. The van der Waals surface area contributed by atoms with E-state index in [0.29, 0.717) is 32.4 Å². The van der Waals surface area contributed by atoms with E-state index in [9.17, 15) is 13.2 Å². The van der Waals surface area contributed by atoms with Crippen LogP contribution in [0.2, 0.25) is 10.0 Å². The molecular weight excluding hydrogens is 385 g/mol. The van der Waals surface area contributed by atoms with E-state index in [2.05, 4.69) is 9.46 Å². The molecule has 0 heterocycles. The van der Waals surface area contributed by atoms with E-state index < -0.39 is 16.0 Å². The van der Waals surface area contributed by atoms with E-state index >= 15 is 0 Å². The van der Waals surface area contributed by atoms with Crippen molar-refractivity contribution in [2.75, 3.05) is 17.6 Å². The van der Waals surface area contributed by atoms with Crippen LogP contribution < -0.4 is 4.72 Å². The van der Waals surface area contributed by atoms with Gasteiger partial charge in [0, 0.05) is 0 Å². The number of ether oxygens (including phenoxy) is 1. The summed E-state index contributed by atoms with van der Waals surface area (Å²) in [6, 6.07) is 9.71. The Bertz CT molecular complexity index is 898. The van der Waals surface area contributed by atoms with Crippen LogP contribution in [0.15, 0.2) is 36.4 Å². The summed E-state index contributed by atoms with van der Waals surface area (Å²) in [6.45, 7) is 1.71. The van der Waals surface area contributed by atoms with Gasteiger partial charge in [-0.05, 0) is 48.7 Å². The molecule has 0 spiro atoms. The molecule has 0 saturated heterocycles. The van der Waals surface area contributed by atoms with Crippen molar-refractivity contribution in [2.45, 2.75) is 13.3 Å². The number of benzene rings is 2. The first-order valence-corrected chi connectivity index (χ1v) is 9.76. The van der Waals surface area contributed by atoms with E-state index in [4.69, 9.17) is 23.2 Å². The van der Waals surface area contributed by atoms with Gasteiger partial charge in [-0.15, -0.1) is 0 Å². The van der Waals surface area contributed by atoms with Crippen LogP contribution in [0.5, 0.6) is 0 Å². The van der Waals surface area contributed by atoms with Gasteiger partial charge in [-0.25, -0.2) is 13.2 Å². The minimum absolute atomic E-state index is 0.148. The predicted octanol–water partition coefficient (Wildman–Crippen LogP) is 4.07. The van der Waals surface area contributed by atoms with Crippen LogP contribution in [0.25, 0.3) is 0 Å². The highest BCUT2D eigenvalue weighted by Crippen LogP contribution is 2.26. The Morgan fingerprint density at radius 2 is 1.92 bits per heavy atom. The second-order valence-electron chi connectivity index (χ2n) is 5.41. The highest BCUT2D eigenvalue weighted by molar-refractivity contribution is 7.92. The summed E-state index contributed by atoms with van der Waals surface area (Å²) in [5.74, 6) is -0.626. The quantitative estimate of drug-likeness (QED) is 0.740. The van der Waals surface area contributed by atoms with Crippen molar-refractivity contribution in [1.82, 2.24) is 0 Å². The molecule has 25 heavy (non-hydrogen) atoms. The molecule has 0 aliphatic carbocycles. The first kappa shape index (κ1) is 19.6. The van der Waals surface area contributed by atoms with Crippen LogP contribution >= 0.6 is 23.2 Å². The number of rotatable bonds is 6. The fraction of sp³-hybridized carbons (Fsp3) is 0.235. The van der Waals surface area contributed by atoms with Gasteiger partial charge >= 0.3 is 5.97 Å². The lowest BCUT2D eigenvalue weighted by Crippen LogP contribution is -2.19. The smallest absolute Gasteiger partial charge is 0.337 e. The third-order valence-corrected chi connectivity index (χ3v) is 5.72. The standard InChI is InChI=1S/C17H17Cl2NO4S/c1-11-10-13(17(21)24-2)6-7-15(11)20-25(22,23)9-8-12-4-3-5-14(18)16(12)19/h3-7,10,20H,8-9H2,1-2H3. The molecule has 2 rings (SSSR count). The van der Waals surface area contributed by atoms with Gasteiger partial charge in [-0.1, -0.05) is 35.3 Å². The summed E-state index contributed by atoms with van der Waals surface area (Å²) in [5, 5.41) is 0.747.